The van der Waals surface area contributed by atoms with Crippen LogP contribution in [-0.4, -0.2) is 19.6 Å². The number of imidazole rings is 1. The second-order valence-electron chi connectivity index (χ2n) is 11.2. The van der Waals surface area contributed by atoms with Crippen molar-refractivity contribution in [2.24, 2.45) is 7.05 Å². The molecule has 7 aromatic rings. The van der Waals surface area contributed by atoms with Gasteiger partial charge in [-0.15, -0.1) is 34.9 Å². The van der Waals surface area contributed by atoms with Gasteiger partial charge in [0.2, 0.25) is 0 Å². The Morgan fingerprint density at radius 2 is 1.49 bits per heavy atom. The van der Waals surface area contributed by atoms with Gasteiger partial charge in [0.15, 0.2) is 0 Å². The van der Waals surface area contributed by atoms with Gasteiger partial charge in [-0.1, -0.05) is 82.3 Å². The molecule has 0 bridgehead atoms. The fourth-order valence-corrected chi connectivity index (χ4v) is 5.84. The molecule has 5 aromatic carbocycles. The molecule has 7 rings (SSSR count). The minimum Gasteiger partial charge on any atom is -0.507 e. The van der Waals surface area contributed by atoms with Crippen LogP contribution in [0.3, 0.4) is 0 Å². The molecule has 5 heteroatoms. The second kappa shape index (κ2) is 12.5. The number of aryl methyl sites for hydroxylation is 3. The predicted octanol–water partition coefficient (Wildman–Crippen LogP) is 9.54. The van der Waals surface area contributed by atoms with Crippen molar-refractivity contribution >= 4 is 32.6 Å². The molecule has 0 unspecified atom stereocenters. The van der Waals surface area contributed by atoms with Crippen LogP contribution in [0.4, 0.5) is 0 Å². The summed E-state index contributed by atoms with van der Waals surface area (Å²) in [6.45, 7) is 8.72. The number of para-hydroxylation sites is 3. The molecule has 0 aliphatic rings. The summed E-state index contributed by atoms with van der Waals surface area (Å²) < 4.78 is 1.99. The van der Waals surface area contributed by atoms with Crippen molar-refractivity contribution in [2.45, 2.75) is 33.6 Å². The number of fused-ring (bicyclic) bond motifs is 4. The van der Waals surface area contributed by atoms with Crippen molar-refractivity contribution in [3.63, 3.8) is 0 Å². The molecule has 2 aromatic heterocycles. The molecule has 4 nitrogen and oxygen atoms in total. The Hall–Kier alpha value is -4.31. The molecule has 0 spiro atoms. The van der Waals surface area contributed by atoms with Gasteiger partial charge in [0, 0.05) is 33.3 Å². The molecule has 0 saturated heterocycles. The van der Waals surface area contributed by atoms with Crippen molar-refractivity contribution in [3.8, 4) is 28.4 Å². The van der Waals surface area contributed by atoms with Gasteiger partial charge in [-0.2, -0.15) is 0 Å². The van der Waals surface area contributed by atoms with Gasteiger partial charge in [0.1, 0.15) is 11.6 Å². The van der Waals surface area contributed by atoms with Crippen molar-refractivity contribution in [1.82, 2.24) is 14.5 Å². The number of aromatic hydroxyl groups is 1. The van der Waals surface area contributed by atoms with E-state index in [1.807, 2.05) is 60.3 Å². The van der Waals surface area contributed by atoms with E-state index in [1.54, 1.807) is 6.07 Å². The van der Waals surface area contributed by atoms with Crippen LogP contribution in [0.25, 0.3) is 55.2 Å². The molecular formula is C38H34IrN3O-. The molecule has 1 radical (unpaired) electrons. The summed E-state index contributed by atoms with van der Waals surface area (Å²) >= 11 is 0. The van der Waals surface area contributed by atoms with Crippen LogP contribution in [0.2, 0.25) is 0 Å². The Labute approximate surface area is 266 Å². The van der Waals surface area contributed by atoms with E-state index in [-0.39, 0.29) is 25.9 Å². The number of rotatable bonds is 3. The molecule has 0 aliphatic heterocycles. The van der Waals surface area contributed by atoms with Crippen LogP contribution in [0.15, 0.2) is 103 Å². The topological polar surface area (TPSA) is 50.9 Å². The molecule has 0 aliphatic carbocycles. The SMILES string of the molecule is Cc1[c-]c(-c2nccc3c2ccc2c(C(C)C)cccc23)cc(C)c1.Cn1c(-c2ccccc2O)nc2ccccc21.[Ir]. The fourth-order valence-electron chi connectivity index (χ4n) is 5.84. The summed E-state index contributed by atoms with van der Waals surface area (Å²) in [7, 11) is 1.96. The monoisotopic (exact) mass is 741 g/mol. The van der Waals surface area contributed by atoms with Crippen LogP contribution in [0.1, 0.15) is 36.5 Å². The first-order chi connectivity index (χ1) is 20.3. The summed E-state index contributed by atoms with van der Waals surface area (Å²) in [5.41, 5.74) is 8.63. The first kappa shape index (κ1) is 30.2. The maximum absolute atomic E-state index is 9.86. The Kier molecular flexibility index (Phi) is 8.77. The summed E-state index contributed by atoms with van der Waals surface area (Å²) in [4.78, 5) is 9.24. The molecule has 1 N–H and O–H groups in total. The van der Waals surface area contributed by atoms with Crippen LogP contribution >= 0.6 is 0 Å². The van der Waals surface area contributed by atoms with Gasteiger partial charge in [0.05, 0.1) is 16.6 Å². The molecule has 43 heavy (non-hydrogen) atoms. The number of pyridine rings is 1. The van der Waals surface area contributed by atoms with Crippen LogP contribution < -0.4 is 0 Å². The quantitative estimate of drug-likeness (QED) is 0.145. The van der Waals surface area contributed by atoms with Gasteiger partial charge >= 0.3 is 0 Å². The molecule has 0 saturated carbocycles. The predicted molar refractivity (Wildman–Crippen MR) is 175 cm³/mol. The first-order valence-electron chi connectivity index (χ1n) is 14.3. The van der Waals surface area contributed by atoms with E-state index in [2.05, 4.69) is 87.3 Å². The van der Waals surface area contributed by atoms with Gasteiger partial charge in [0.25, 0.3) is 0 Å². The van der Waals surface area contributed by atoms with Crippen molar-refractivity contribution < 1.29 is 25.2 Å². The molecule has 217 valence electrons. The van der Waals surface area contributed by atoms with E-state index >= 15 is 0 Å². The summed E-state index contributed by atoms with van der Waals surface area (Å²) in [6, 6.07) is 36.2. The molecule has 2 heterocycles. The first-order valence-corrected chi connectivity index (χ1v) is 14.3. The number of benzene rings is 5. The third-order valence-corrected chi connectivity index (χ3v) is 7.79. The zero-order valence-electron chi connectivity index (χ0n) is 25.0. The maximum Gasteiger partial charge on any atom is 0.144 e. The van der Waals surface area contributed by atoms with E-state index in [0.29, 0.717) is 5.92 Å². The Morgan fingerprint density at radius 3 is 2.23 bits per heavy atom. The second-order valence-corrected chi connectivity index (χ2v) is 11.2. The molecule has 0 atom stereocenters. The van der Waals surface area contributed by atoms with Gasteiger partial charge in [-0.25, -0.2) is 4.98 Å². The summed E-state index contributed by atoms with van der Waals surface area (Å²) in [6.07, 6.45) is 1.92. The summed E-state index contributed by atoms with van der Waals surface area (Å²) in [5, 5.41) is 15.0. The van der Waals surface area contributed by atoms with E-state index in [1.165, 1.54) is 32.7 Å². The van der Waals surface area contributed by atoms with Crippen molar-refractivity contribution in [3.05, 3.63) is 126 Å². The van der Waals surface area contributed by atoms with Crippen molar-refractivity contribution in [2.75, 3.05) is 0 Å². The van der Waals surface area contributed by atoms with Crippen LogP contribution in [0, 0.1) is 19.9 Å². The Bertz CT molecular complexity index is 2060. The van der Waals surface area contributed by atoms with E-state index in [9.17, 15) is 5.11 Å². The zero-order valence-corrected chi connectivity index (χ0v) is 27.4. The zero-order chi connectivity index (χ0) is 29.4. The van der Waals surface area contributed by atoms with Crippen LogP contribution in [-0.2, 0) is 27.2 Å². The smallest absolute Gasteiger partial charge is 0.144 e. The number of phenolic OH excluding ortho intramolecular Hbond substituents is 1. The van der Waals surface area contributed by atoms with E-state index < -0.39 is 0 Å². The summed E-state index contributed by atoms with van der Waals surface area (Å²) in [5.74, 6) is 1.55. The van der Waals surface area contributed by atoms with E-state index in [0.717, 1.165) is 39.2 Å². The molecular weight excluding hydrogens is 707 g/mol. The standard InChI is InChI=1S/C24H22N.C14H12N2O.Ir/c1-15(2)19-6-5-7-20-21(19)8-9-23-22(20)10-11-25-24(23)18-13-16(3)12-17(4)14-18;1-16-12-8-4-3-7-11(12)15-14(16)10-6-2-5-9-13(10)17;/h5-13,15H,1-4H3;2-9,17H,1H3;/q-1;;. The number of hydrogen-bond donors (Lipinski definition) is 1. The number of aromatic nitrogens is 3. The van der Waals surface area contributed by atoms with Crippen molar-refractivity contribution in [1.29, 1.82) is 0 Å². The normalized spacial score (nSPS) is 11.0. The molecule has 0 amide bonds. The average Bonchev–Trinajstić information content (AvgIpc) is 3.32. The third-order valence-electron chi connectivity index (χ3n) is 7.79. The number of hydrogen-bond acceptors (Lipinski definition) is 3. The third kappa shape index (κ3) is 5.84. The Balaban J connectivity index is 0.000000179. The van der Waals surface area contributed by atoms with Gasteiger partial charge < -0.3 is 14.7 Å². The largest absolute Gasteiger partial charge is 0.507 e. The minimum atomic E-state index is 0. The fraction of sp³-hybridized carbons (Fsp3) is 0.158. The number of nitrogens with zero attached hydrogens (tertiary/aromatic N) is 3. The Morgan fingerprint density at radius 1 is 0.767 bits per heavy atom. The van der Waals surface area contributed by atoms with E-state index in [4.69, 9.17) is 4.98 Å². The van der Waals surface area contributed by atoms with Gasteiger partial charge in [-0.3, -0.25) is 0 Å². The van der Waals surface area contributed by atoms with Crippen LogP contribution in [0.5, 0.6) is 5.75 Å². The minimum absolute atomic E-state index is 0. The maximum atomic E-state index is 9.86. The van der Waals surface area contributed by atoms with Gasteiger partial charge in [-0.05, 0) is 69.1 Å². The molecule has 0 fully saturated rings. The average molecular weight is 741 g/mol. The number of phenols is 1.